The van der Waals surface area contributed by atoms with E-state index < -0.39 is 6.36 Å². The number of rotatable bonds is 3. The Labute approximate surface area is 83.6 Å². The smallest absolute Gasteiger partial charge is 0.406 e. The van der Waals surface area contributed by atoms with Crippen molar-refractivity contribution < 1.29 is 22.7 Å². The maximum absolute atomic E-state index is 11.8. The van der Waals surface area contributed by atoms with Crippen LogP contribution in [0.2, 0.25) is 0 Å². The summed E-state index contributed by atoms with van der Waals surface area (Å²) in [5.74, 6) is -0.704. The third-order valence-corrected chi connectivity index (χ3v) is 1.60. The van der Waals surface area contributed by atoms with Crippen molar-refractivity contribution in [2.45, 2.75) is 6.36 Å². The van der Waals surface area contributed by atoms with E-state index in [2.05, 4.69) is 4.74 Å². The lowest BCUT2D eigenvalue weighted by molar-refractivity contribution is -0.274. The molecule has 82 valence electrons. The first-order chi connectivity index (χ1) is 6.92. The van der Waals surface area contributed by atoms with Gasteiger partial charge in [0, 0.05) is 5.56 Å². The summed E-state index contributed by atoms with van der Waals surface area (Å²) in [5, 5.41) is 0. The van der Waals surface area contributed by atoms with Gasteiger partial charge in [0.05, 0.1) is 6.54 Å². The molecule has 0 aromatic heterocycles. The van der Waals surface area contributed by atoms with Crippen LogP contribution in [0.4, 0.5) is 13.2 Å². The zero-order valence-corrected chi connectivity index (χ0v) is 7.54. The Kier molecular flexibility index (Phi) is 3.31. The van der Waals surface area contributed by atoms with Gasteiger partial charge in [-0.1, -0.05) is 0 Å². The molecule has 1 aromatic carbocycles. The minimum Gasteiger partial charge on any atom is -0.406 e. The van der Waals surface area contributed by atoms with Crippen LogP contribution in [0.1, 0.15) is 10.4 Å². The number of hydrogen-bond donors (Lipinski definition) is 1. The molecule has 1 rings (SSSR count). The summed E-state index contributed by atoms with van der Waals surface area (Å²) < 4.78 is 38.9. The molecule has 0 aliphatic rings. The molecule has 0 bridgehead atoms. The number of hydrogen-bond acceptors (Lipinski definition) is 3. The van der Waals surface area contributed by atoms with Crippen LogP contribution in [0.25, 0.3) is 0 Å². The van der Waals surface area contributed by atoms with E-state index in [-0.39, 0.29) is 23.6 Å². The maximum Gasteiger partial charge on any atom is 0.573 e. The standard InChI is InChI=1S/C9H8F3NO2/c10-9(11,12)15-7-3-1-6(2-4-7)8(14)5-13/h1-4H,5,13H2. The second-order valence-corrected chi connectivity index (χ2v) is 2.70. The van der Waals surface area contributed by atoms with Crippen molar-refractivity contribution in [1.29, 1.82) is 0 Å². The van der Waals surface area contributed by atoms with E-state index in [0.29, 0.717) is 0 Å². The van der Waals surface area contributed by atoms with Crippen molar-refractivity contribution in [2.75, 3.05) is 6.54 Å². The summed E-state index contributed by atoms with van der Waals surface area (Å²) in [7, 11) is 0. The topological polar surface area (TPSA) is 52.3 Å². The van der Waals surface area contributed by atoms with Gasteiger partial charge in [-0.25, -0.2) is 0 Å². The number of Topliss-reactive ketones (excluding diaryl/α,β-unsaturated/α-hetero) is 1. The highest BCUT2D eigenvalue weighted by molar-refractivity contribution is 5.97. The van der Waals surface area contributed by atoms with Gasteiger partial charge in [-0.2, -0.15) is 0 Å². The first-order valence-electron chi connectivity index (χ1n) is 4.01. The second-order valence-electron chi connectivity index (χ2n) is 2.70. The van der Waals surface area contributed by atoms with Gasteiger partial charge in [-0.3, -0.25) is 4.79 Å². The molecule has 0 atom stereocenters. The largest absolute Gasteiger partial charge is 0.573 e. The lowest BCUT2D eigenvalue weighted by Gasteiger charge is -2.08. The van der Waals surface area contributed by atoms with Gasteiger partial charge in [0.1, 0.15) is 5.75 Å². The molecule has 0 saturated heterocycles. The van der Waals surface area contributed by atoms with E-state index in [4.69, 9.17) is 5.73 Å². The van der Waals surface area contributed by atoms with Crippen molar-refractivity contribution in [1.82, 2.24) is 0 Å². The van der Waals surface area contributed by atoms with Crippen molar-refractivity contribution in [3.63, 3.8) is 0 Å². The maximum atomic E-state index is 11.8. The average molecular weight is 219 g/mol. The van der Waals surface area contributed by atoms with Crippen LogP contribution in [0, 0.1) is 0 Å². The third kappa shape index (κ3) is 3.59. The van der Waals surface area contributed by atoms with Crippen LogP contribution in [-0.4, -0.2) is 18.7 Å². The fourth-order valence-electron chi connectivity index (χ4n) is 0.960. The highest BCUT2D eigenvalue weighted by atomic mass is 19.4. The molecule has 0 spiro atoms. The first-order valence-corrected chi connectivity index (χ1v) is 4.01. The van der Waals surface area contributed by atoms with E-state index in [1.54, 1.807) is 0 Å². The van der Waals surface area contributed by atoms with Crippen LogP contribution >= 0.6 is 0 Å². The third-order valence-electron chi connectivity index (χ3n) is 1.60. The molecule has 0 amide bonds. The normalized spacial score (nSPS) is 11.2. The van der Waals surface area contributed by atoms with E-state index in [1.165, 1.54) is 12.1 Å². The van der Waals surface area contributed by atoms with Crippen LogP contribution in [0.5, 0.6) is 5.75 Å². The van der Waals surface area contributed by atoms with Gasteiger partial charge in [0.2, 0.25) is 0 Å². The van der Waals surface area contributed by atoms with Gasteiger partial charge in [0.15, 0.2) is 5.78 Å². The van der Waals surface area contributed by atoms with E-state index in [9.17, 15) is 18.0 Å². The number of carbonyl (C=O) groups excluding carboxylic acids is 1. The fraction of sp³-hybridized carbons (Fsp3) is 0.222. The van der Waals surface area contributed by atoms with Crippen molar-refractivity contribution in [2.24, 2.45) is 5.73 Å². The van der Waals surface area contributed by atoms with E-state index >= 15 is 0 Å². The Morgan fingerprint density at radius 3 is 2.20 bits per heavy atom. The molecule has 0 aliphatic carbocycles. The molecule has 0 heterocycles. The quantitative estimate of drug-likeness (QED) is 0.787. The van der Waals surface area contributed by atoms with Gasteiger partial charge in [-0.15, -0.1) is 13.2 Å². The van der Waals surface area contributed by atoms with Crippen LogP contribution in [-0.2, 0) is 0 Å². The summed E-state index contributed by atoms with van der Waals surface area (Å²) in [4.78, 5) is 11.0. The van der Waals surface area contributed by atoms with Gasteiger partial charge in [-0.05, 0) is 24.3 Å². The Hall–Kier alpha value is -1.56. The Morgan fingerprint density at radius 1 is 1.27 bits per heavy atom. The molecule has 0 fully saturated rings. The number of benzene rings is 1. The number of halogens is 3. The molecule has 3 nitrogen and oxygen atoms in total. The summed E-state index contributed by atoms with van der Waals surface area (Å²) >= 11 is 0. The van der Waals surface area contributed by atoms with E-state index in [1.807, 2.05) is 0 Å². The number of carbonyl (C=O) groups is 1. The molecule has 15 heavy (non-hydrogen) atoms. The molecule has 1 aromatic rings. The SMILES string of the molecule is NCC(=O)c1ccc(OC(F)(F)F)cc1. The predicted octanol–water partition coefficient (Wildman–Crippen LogP) is 1.73. The molecule has 0 aliphatic heterocycles. The number of alkyl halides is 3. The van der Waals surface area contributed by atoms with Crippen LogP contribution in [0.15, 0.2) is 24.3 Å². The van der Waals surface area contributed by atoms with Crippen molar-refractivity contribution >= 4 is 5.78 Å². The average Bonchev–Trinajstić information content (AvgIpc) is 2.15. The minimum absolute atomic E-state index is 0.181. The van der Waals surface area contributed by atoms with Crippen LogP contribution < -0.4 is 10.5 Å². The summed E-state index contributed by atoms with van der Waals surface area (Å²) in [5.41, 5.74) is 5.34. The highest BCUT2D eigenvalue weighted by Crippen LogP contribution is 2.22. The molecular formula is C9H8F3NO2. The van der Waals surface area contributed by atoms with Gasteiger partial charge in [0.25, 0.3) is 0 Å². The Bertz CT molecular complexity index is 345. The zero-order chi connectivity index (χ0) is 11.5. The Balaban J connectivity index is 2.77. The van der Waals surface area contributed by atoms with Crippen LogP contribution in [0.3, 0.4) is 0 Å². The monoisotopic (exact) mass is 219 g/mol. The molecule has 6 heteroatoms. The van der Waals surface area contributed by atoms with E-state index in [0.717, 1.165) is 12.1 Å². The highest BCUT2D eigenvalue weighted by Gasteiger charge is 2.30. The summed E-state index contributed by atoms with van der Waals surface area (Å²) in [6.07, 6.45) is -4.72. The molecular weight excluding hydrogens is 211 g/mol. The second kappa shape index (κ2) is 4.31. The molecule has 2 N–H and O–H groups in total. The van der Waals surface area contributed by atoms with Crippen molar-refractivity contribution in [3.8, 4) is 5.75 Å². The first kappa shape index (κ1) is 11.5. The van der Waals surface area contributed by atoms with Gasteiger partial charge < -0.3 is 10.5 Å². The summed E-state index contributed by atoms with van der Waals surface area (Å²) in [6, 6.07) is 4.60. The number of ketones is 1. The number of ether oxygens (including phenoxy) is 1. The molecule has 0 radical (unpaired) electrons. The lowest BCUT2D eigenvalue weighted by Crippen LogP contribution is -2.17. The summed E-state index contributed by atoms with van der Waals surface area (Å²) in [6.45, 7) is -0.181. The fourth-order valence-corrected chi connectivity index (χ4v) is 0.960. The molecule has 0 saturated carbocycles. The number of nitrogens with two attached hydrogens (primary N) is 1. The zero-order valence-electron chi connectivity index (χ0n) is 7.54. The lowest BCUT2D eigenvalue weighted by atomic mass is 10.1. The van der Waals surface area contributed by atoms with Crippen molar-refractivity contribution in [3.05, 3.63) is 29.8 Å². The molecule has 0 unspecified atom stereocenters. The van der Waals surface area contributed by atoms with Gasteiger partial charge >= 0.3 is 6.36 Å². The predicted molar refractivity (Wildman–Crippen MR) is 46.5 cm³/mol. The Morgan fingerprint density at radius 2 is 1.80 bits per heavy atom. The minimum atomic E-state index is -4.72.